The van der Waals surface area contributed by atoms with Gasteiger partial charge < -0.3 is 14.7 Å². The van der Waals surface area contributed by atoms with Crippen molar-refractivity contribution in [1.29, 1.82) is 0 Å². The molecule has 20 heavy (non-hydrogen) atoms. The van der Waals surface area contributed by atoms with Gasteiger partial charge in [-0.25, -0.2) is 9.59 Å². The van der Waals surface area contributed by atoms with Crippen LogP contribution in [0.3, 0.4) is 0 Å². The number of alkyl halides is 2. The molecule has 0 radical (unpaired) electrons. The molecule has 0 aliphatic carbocycles. The number of carboxylic acids is 1. The molecule has 1 heterocycles. The lowest BCUT2D eigenvalue weighted by Gasteiger charge is -2.37. The molecule has 0 saturated carbocycles. The van der Waals surface area contributed by atoms with Gasteiger partial charge in [-0.15, -0.1) is 0 Å². The van der Waals surface area contributed by atoms with Gasteiger partial charge in [-0.1, -0.05) is 0 Å². The molecule has 1 amide bonds. The summed E-state index contributed by atoms with van der Waals surface area (Å²) in [6, 6.07) is -0.801. The van der Waals surface area contributed by atoms with E-state index in [1.165, 1.54) is 4.90 Å². The fraction of sp³-hybridized carbons (Fsp3) is 0.846. The number of carbonyl (C=O) groups excluding carboxylic acids is 1. The smallest absolute Gasteiger partial charge is 0.410 e. The monoisotopic (exact) mass is 293 g/mol. The standard InChI is InChI=1S/C13H21F2NO4/c1-12(2,3)20-11(19)16-7-5-4-6-9(16)8-13(14,15)10(17)18/h9H,4-8H2,1-3H3,(H,17,18). The number of hydrogen-bond acceptors (Lipinski definition) is 3. The summed E-state index contributed by atoms with van der Waals surface area (Å²) < 4.78 is 31.8. The molecule has 0 aromatic carbocycles. The van der Waals surface area contributed by atoms with Gasteiger partial charge in [0.2, 0.25) is 0 Å². The summed E-state index contributed by atoms with van der Waals surface area (Å²) in [6.07, 6.45) is 0.223. The summed E-state index contributed by atoms with van der Waals surface area (Å²) >= 11 is 0. The van der Waals surface area contributed by atoms with E-state index in [0.717, 1.165) is 0 Å². The van der Waals surface area contributed by atoms with Gasteiger partial charge in [0.15, 0.2) is 0 Å². The molecule has 0 aromatic heterocycles. The van der Waals surface area contributed by atoms with Crippen LogP contribution < -0.4 is 0 Å². The van der Waals surface area contributed by atoms with E-state index in [-0.39, 0.29) is 0 Å². The molecule has 5 nitrogen and oxygen atoms in total. The zero-order valence-electron chi connectivity index (χ0n) is 12.0. The van der Waals surface area contributed by atoms with Gasteiger partial charge in [0.1, 0.15) is 5.60 Å². The van der Waals surface area contributed by atoms with Gasteiger partial charge in [0.25, 0.3) is 0 Å². The highest BCUT2D eigenvalue weighted by Gasteiger charge is 2.44. The average Bonchev–Trinajstić information content (AvgIpc) is 2.26. The molecule has 1 fully saturated rings. The molecule has 116 valence electrons. The van der Waals surface area contributed by atoms with E-state index in [4.69, 9.17) is 9.84 Å². The minimum Gasteiger partial charge on any atom is -0.477 e. The third kappa shape index (κ3) is 4.61. The normalized spacial score (nSPS) is 20.6. The summed E-state index contributed by atoms with van der Waals surface area (Å²) in [5.74, 6) is -5.99. The maximum Gasteiger partial charge on any atom is 0.410 e. The van der Waals surface area contributed by atoms with Gasteiger partial charge in [0, 0.05) is 19.0 Å². The molecule has 0 aromatic rings. The van der Waals surface area contributed by atoms with E-state index in [1.807, 2.05) is 0 Å². The van der Waals surface area contributed by atoms with Crippen molar-refractivity contribution in [2.75, 3.05) is 6.54 Å². The molecule has 1 unspecified atom stereocenters. The molecular weight excluding hydrogens is 272 g/mol. The predicted octanol–water partition coefficient (Wildman–Crippen LogP) is 2.89. The zero-order chi connectivity index (χ0) is 15.6. The number of piperidine rings is 1. The van der Waals surface area contributed by atoms with Crippen molar-refractivity contribution in [3.05, 3.63) is 0 Å². The Hall–Kier alpha value is -1.40. The summed E-state index contributed by atoms with van der Waals surface area (Å²) in [7, 11) is 0. The number of hydrogen-bond donors (Lipinski definition) is 1. The Labute approximate surface area is 116 Å². The number of rotatable bonds is 3. The number of carbonyl (C=O) groups is 2. The van der Waals surface area contributed by atoms with Crippen LogP contribution in [0.25, 0.3) is 0 Å². The van der Waals surface area contributed by atoms with Crippen LogP contribution in [-0.4, -0.2) is 46.2 Å². The van der Waals surface area contributed by atoms with Gasteiger partial charge >= 0.3 is 18.0 Å². The number of amides is 1. The molecule has 1 rings (SSSR count). The highest BCUT2D eigenvalue weighted by atomic mass is 19.3. The van der Waals surface area contributed by atoms with Crippen molar-refractivity contribution in [3.63, 3.8) is 0 Å². The lowest BCUT2D eigenvalue weighted by atomic mass is 9.97. The lowest BCUT2D eigenvalue weighted by molar-refractivity contribution is -0.168. The van der Waals surface area contributed by atoms with E-state index in [0.29, 0.717) is 25.8 Å². The van der Waals surface area contributed by atoms with Crippen molar-refractivity contribution in [3.8, 4) is 0 Å². The third-order valence-electron chi connectivity index (χ3n) is 3.06. The van der Waals surface area contributed by atoms with Crippen LogP contribution in [0.1, 0.15) is 46.5 Å². The molecule has 1 aliphatic rings. The summed E-state index contributed by atoms with van der Waals surface area (Å²) in [4.78, 5) is 23.7. The maximum absolute atomic E-state index is 13.3. The van der Waals surface area contributed by atoms with Crippen LogP contribution in [0.5, 0.6) is 0 Å². The lowest BCUT2D eigenvalue weighted by Crippen LogP contribution is -2.49. The zero-order valence-corrected chi connectivity index (χ0v) is 12.0. The molecule has 0 spiro atoms. The van der Waals surface area contributed by atoms with Crippen LogP contribution in [0.15, 0.2) is 0 Å². The van der Waals surface area contributed by atoms with E-state index in [1.54, 1.807) is 20.8 Å². The fourth-order valence-corrected chi connectivity index (χ4v) is 2.16. The minimum absolute atomic E-state index is 0.315. The number of aliphatic carboxylic acids is 1. The van der Waals surface area contributed by atoms with Crippen LogP contribution in [0, 0.1) is 0 Å². The molecule has 1 aliphatic heterocycles. The van der Waals surface area contributed by atoms with Crippen molar-refractivity contribution >= 4 is 12.1 Å². The van der Waals surface area contributed by atoms with Gasteiger partial charge in [-0.3, -0.25) is 0 Å². The van der Waals surface area contributed by atoms with Crippen LogP contribution >= 0.6 is 0 Å². The van der Waals surface area contributed by atoms with Crippen molar-refractivity contribution in [2.24, 2.45) is 0 Å². The van der Waals surface area contributed by atoms with Gasteiger partial charge in [-0.2, -0.15) is 8.78 Å². The first-order valence-electron chi connectivity index (χ1n) is 6.64. The second kappa shape index (κ2) is 5.93. The first-order chi connectivity index (χ1) is 9.03. The average molecular weight is 293 g/mol. The third-order valence-corrected chi connectivity index (χ3v) is 3.06. The number of nitrogens with zero attached hydrogens (tertiary/aromatic N) is 1. The Balaban J connectivity index is 2.77. The second-order valence-electron chi connectivity index (χ2n) is 6.04. The van der Waals surface area contributed by atoms with Crippen LogP contribution in [0.4, 0.5) is 13.6 Å². The van der Waals surface area contributed by atoms with Crippen LogP contribution in [0.2, 0.25) is 0 Å². The SMILES string of the molecule is CC(C)(C)OC(=O)N1CCCCC1CC(F)(F)C(=O)O. The predicted molar refractivity (Wildman–Crippen MR) is 67.8 cm³/mol. The number of ether oxygens (including phenoxy) is 1. The Morgan fingerprint density at radius 3 is 2.40 bits per heavy atom. The van der Waals surface area contributed by atoms with Gasteiger partial charge in [-0.05, 0) is 40.0 Å². The number of halogens is 2. The molecular formula is C13H21F2NO4. The van der Waals surface area contributed by atoms with E-state index in [9.17, 15) is 18.4 Å². The summed E-state index contributed by atoms with van der Waals surface area (Å²) in [5.41, 5.74) is -0.714. The van der Waals surface area contributed by atoms with Gasteiger partial charge in [0.05, 0.1) is 0 Å². The molecule has 0 bridgehead atoms. The van der Waals surface area contributed by atoms with E-state index >= 15 is 0 Å². The highest BCUT2D eigenvalue weighted by molar-refractivity contribution is 5.75. The van der Waals surface area contributed by atoms with Crippen molar-refractivity contribution in [2.45, 2.75) is 64.0 Å². The summed E-state index contributed by atoms with van der Waals surface area (Å²) in [5, 5.41) is 8.50. The van der Waals surface area contributed by atoms with Crippen LogP contribution in [-0.2, 0) is 9.53 Å². The first-order valence-corrected chi connectivity index (χ1v) is 6.64. The summed E-state index contributed by atoms with van der Waals surface area (Å²) in [6.45, 7) is 5.39. The number of likely N-dealkylation sites (tertiary alicyclic amines) is 1. The quantitative estimate of drug-likeness (QED) is 0.869. The Morgan fingerprint density at radius 2 is 1.90 bits per heavy atom. The van der Waals surface area contributed by atoms with E-state index < -0.39 is 36.0 Å². The van der Waals surface area contributed by atoms with Crippen molar-refractivity contribution < 1.29 is 28.2 Å². The first kappa shape index (κ1) is 16.7. The fourth-order valence-electron chi connectivity index (χ4n) is 2.16. The largest absolute Gasteiger partial charge is 0.477 e. The number of carboxylic acid groups (broad SMARTS) is 1. The molecule has 1 saturated heterocycles. The Morgan fingerprint density at radius 1 is 1.30 bits per heavy atom. The maximum atomic E-state index is 13.3. The topological polar surface area (TPSA) is 66.8 Å². The molecule has 1 N–H and O–H groups in total. The van der Waals surface area contributed by atoms with Crippen molar-refractivity contribution in [1.82, 2.24) is 4.90 Å². The molecule has 7 heteroatoms. The Kier molecular flexibility index (Phi) is 4.94. The second-order valence-corrected chi connectivity index (χ2v) is 6.04. The molecule has 1 atom stereocenters. The highest BCUT2D eigenvalue weighted by Crippen LogP contribution is 2.29. The Bertz CT molecular complexity index is 379. The minimum atomic E-state index is -3.83. The van der Waals surface area contributed by atoms with E-state index in [2.05, 4.69) is 0 Å².